The molecule has 1 aromatic rings. The Kier molecular flexibility index (Phi) is 6.40. The van der Waals surface area contributed by atoms with Gasteiger partial charge in [-0.25, -0.2) is 0 Å². The second-order valence-corrected chi connectivity index (χ2v) is 7.05. The fourth-order valence-electron chi connectivity index (χ4n) is 2.20. The van der Waals surface area contributed by atoms with Crippen LogP contribution < -0.4 is 14.8 Å². The molecule has 0 aliphatic carbocycles. The minimum Gasteiger partial charge on any atom is -0.493 e. The molecule has 0 saturated carbocycles. The predicted octanol–water partition coefficient (Wildman–Crippen LogP) is 3.42. The largest absolute Gasteiger partial charge is 0.493 e. The van der Waals surface area contributed by atoms with Gasteiger partial charge in [-0.15, -0.1) is 11.8 Å². The Morgan fingerprint density at radius 2 is 2.32 bits per heavy atom. The van der Waals surface area contributed by atoms with Gasteiger partial charge in [0.25, 0.3) is 0 Å². The molecule has 1 aliphatic rings. The van der Waals surface area contributed by atoms with E-state index in [0.717, 1.165) is 22.9 Å². The first-order valence-corrected chi connectivity index (χ1v) is 9.01. The number of rotatable bonds is 7. The van der Waals surface area contributed by atoms with Gasteiger partial charge >= 0.3 is 5.97 Å². The summed E-state index contributed by atoms with van der Waals surface area (Å²) in [6.45, 7) is 2.72. The molecule has 1 aliphatic heterocycles. The van der Waals surface area contributed by atoms with Crippen LogP contribution in [0.1, 0.15) is 30.7 Å². The van der Waals surface area contributed by atoms with E-state index in [-0.39, 0.29) is 5.37 Å². The highest BCUT2D eigenvalue weighted by Crippen LogP contribution is 2.44. The minimum absolute atomic E-state index is 0.121. The van der Waals surface area contributed by atoms with Crippen LogP contribution in [0.5, 0.6) is 11.5 Å². The van der Waals surface area contributed by atoms with Gasteiger partial charge in [-0.2, -0.15) is 0 Å². The van der Waals surface area contributed by atoms with Crippen molar-refractivity contribution >= 4 is 33.7 Å². The van der Waals surface area contributed by atoms with E-state index < -0.39 is 12.0 Å². The Morgan fingerprint density at radius 3 is 2.91 bits per heavy atom. The number of aliphatic carboxylic acids is 1. The number of halogens is 1. The summed E-state index contributed by atoms with van der Waals surface area (Å²) in [6.07, 6.45) is 2.01. The van der Waals surface area contributed by atoms with Gasteiger partial charge in [-0.1, -0.05) is 29.3 Å². The summed E-state index contributed by atoms with van der Waals surface area (Å²) in [7, 11) is 1.60. The molecule has 2 N–H and O–H groups in total. The molecule has 0 bridgehead atoms. The average molecular weight is 390 g/mol. The maximum Gasteiger partial charge on any atom is 0.321 e. The summed E-state index contributed by atoms with van der Waals surface area (Å²) in [5.41, 5.74) is 0.913. The fraction of sp³-hybridized carbons (Fsp3) is 0.533. The molecule has 5 nitrogen and oxygen atoms in total. The van der Waals surface area contributed by atoms with E-state index >= 15 is 0 Å². The zero-order chi connectivity index (χ0) is 16.1. The number of carboxylic acids is 1. The molecule has 0 aromatic heterocycles. The summed E-state index contributed by atoms with van der Waals surface area (Å²) in [4.78, 5) is 11.1. The van der Waals surface area contributed by atoms with E-state index in [1.54, 1.807) is 18.9 Å². The number of ether oxygens (including phenoxy) is 2. The standard InChI is InChI=1S/C15H20BrNO4S/c1-3-4-5-21-13-10(6-9(16)7-12(13)20-2)14-17-11(8-22-14)15(18)19/h6-7,11,14,17H,3-5,8H2,1-2H3,(H,18,19). The van der Waals surface area contributed by atoms with Crippen LogP contribution in [-0.4, -0.2) is 36.6 Å². The number of thioether (sulfide) groups is 1. The van der Waals surface area contributed by atoms with Crippen molar-refractivity contribution in [3.05, 3.63) is 22.2 Å². The van der Waals surface area contributed by atoms with Gasteiger partial charge < -0.3 is 14.6 Å². The summed E-state index contributed by atoms with van der Waals surface area (Å²) >= 11 is 5.04. The lowest BCUT2D eigenvalue weighted by atomic mass is 10.1. The third-order valence-corrected chi connectivity index (χ3v) is 5.08. The van der Waals surface area contributed by atoms with E-state index in [0.29, 0.717) is 23.9 Å². The van der Waals surface area contributed by atoms with Gasteiger partial charge in [0.15, 0.2) is 11.5 Å². The normalized spacial score (nSPS) is 20.9. The maximum atomic E-state index is 11.1. The Morgan fingerprint density at radius 1 is 1.55 bits per heavy atom. The molecular formula is C15H20BrNO4S. The highest BCUT2D eigenvalue weighted by Gasteiger charge is 2.33. The first-order chi connectivity index (χ1) is 10.6. The van der Waals surface area contributed by atoms with E-state index in [4.69, 9.17) is 14.6 Å². The molecule has 1 fully saturated rings. The Labute approximate surface area is 142 Å². The minimum atomic E-state index is -0.828. The highest BCUT2D eigenvalue weighted by molar-refractivity contribution is 9.10. The second-order valence-electron chi connectivity index (χ2n) is 5.00. The Balaban J connectivity index is 2.28. The molecule has 2 unspecified atom stereocenters. The van der Waals surface area contributed by atoms with Crippen LogP contribution in [-0.2, 0) is 4.79 Å². The number of benzene rings is 1. The molecule has 1 aromatic carbocycles. The van der Waals surface area contributed by atoms with Crippen LogP contribution in [0.4, 0.5) is 0 Å². The molecule has 22 heavy (non-hydrogen) atoms. The third-order valence-electron chi connectivity index (χ3n) is 3.38. The summed E-state index contributed by atoms with van der Waals surface area (Å²) in [5, 5.41) is 12.1. The van der Waals surface area contributed by atoms with Crippen molar-refractivity contribution in [3.63, 3.8) is 0 Å². The lowest BCUT2D eigenvalue weighted by Gasteiger charge is -2.19. The molecule has 0 spiro atoms. The zero-order valence-corrected chi connectivity index (χ0v) is 15.0. The van der Waals surface area contributed by atoms with E-state index in [1.165, 1.54) is 0 Å². The predicted molar refractivity (Wildman–Crippen MR) is 90.9 cm³/mol. The second kappa shape index (κ2) is 8.08. The number of carbonyl (C=O) groups is 1. The molecular weight excluding hydrogens is 370 g/mol. The van der Waals surface area contributed by atoms with Crippen LogP contribution >= 0.6 is 27.7 Å². The molecule has 0 radical (unpaired) electrons. The number of unbranched alkanes of at least 4 members (excludes halogenated alkanes) is 1. The van der Waals surface area contributed by atoms with Crippen molar-refractivity contribution < 1.29 is 19.4 Å². The van der Waals surface area contributed by atoms with Gasteiger partial charge in [-0.3, -0.25) is 10.1 Å². The molecule has 1 heterocycles. The number of carboxylic acid groups (broad SMARTS) is 1. The lowest BCUT2D eigenvalue weighted by molar-refractivity contribution is -0.138. The van der Waals surface area contributed by atoms with Crippen LogP contribution in [0.2, 0.25) is 0 Å². The molecule has 2 rings (SSSR count). The van der Waals surface area contributed by atoms with Gasteiger partial charge in [0.1, 0.15) is 6.04 Å². The van der Waals surface area contributed by atoms with Crippen molar-refractivity contribution in [2.75, 3.05) is 19.5 Å². The van der Waals surface area contributed by atoms with Crippen molar-refractivity contribution in [2.24, 2.45) is 0 Å². The van der Waals surface area contributed by atoms with Gasteiger partial charge in [0, 0.05) is 15.8 Å². The number of hydrogen-bond acceptors (Lipinski definition) is 5. The monoisotopic (exact) mass is 389 g/mol. The zero-order valence-electron chi connectivity index (χ0n) is 12.6. The highest BCUT2D eigenvalue weighted by atomic mass is 79.9. The van der Waals surface area contributed by atoms with Crippen LogP contribution in [0, 0.1) is 0 Å². The van der Waals surface area contributed by atoms with Gasteiger partial charge in [0.05, 0.1) is 19.1 Å². The van der Waals surface area contributed by atoms with E-state index in [1.807, 2.05) is 12.1 Å². The SMILES string of the molecule is CCCCOc1c(OC)cc(Br)cc1C1NC(C(=O)O)CS1. The van der Waals surface area contributed by atoms with Crippen molar-refractivity contribution in [1.29, 1.82) is 0 Å². The maximum absolute atomic E-state index is 11.1. The molecule has 7 heteroatoms. The molecule has 2 atom stereocenters. The smallest absolute Gasteiger partial charge is 0.321 e. The number of nitrogens with one attached hydrogen (secondary N) is 1. The lowest BCUT2D eigenvalue weighted by Crippen LogP contribution is -2.33. The quantitative estimate of drug-likeness (QED) is 0.696. The molecule has 1 saturated heterocycles. The molecule has 0 amide bonds. The summed E-state index contributed by atoms with van der Waals surface area (Å²) in [6, 6.07) is 3.28. The van der Waals surface area contributed by atoms with E-state index in [9.17, 15) is 4.79 Å². The number of methoxy groups -OCH3 is 1. The first kappa shape index (κ1) is 17.4. The number of hydrogen-bond donors (Lipinski definition) is 2. The van der Waals surface area contributed by atoms with Crippen molar-refractivity contribution in [2.45, 2.75) is 31.2 Å². The van der Waals surface area contributed by atoms with Crippen molar-refractivity contribution in [3.8, 4) is 11.5 Å². The summed E-state index contributed by atoms with van der Waals surface area (Å²) in [5.74, 6) is 1.05. The Hall–Kier alpha value is -0.920. The van der Waals surface area contributed by atoms with Crippen LogP contribution in [0.15, 0.2) is 16.6 Å². The fourth-order valence-corrected chi connectivity index (χ4v) is 3.90. The molecule has 122 valence electrons. The van der Waals surface area contributed by atoms with Crippen molar-refractivity contribution in [1.82, 2.24) is 5.32 Å². The van der Waals surface area contributed by atoms with Gasteiger partial charge in [-0.05, 0) is 18.6 Å². The summed E-state index contributed by atoms with van der Waals surface area (Å²) < 4.78 is 12.2. The third kappa shape index (κ3) is 4.08. The van der Waals surface area contributed by atoms with Crippen LogP contribution in [0.3, 0.4) is 0 Å². The topological polar surface area (TPSA) is 67.8 Å². The van der Waals surface area contributed by atoms with E-state index in [2.05, 4.69) is 28.2 Å². The van der Waals surface area contributed by atoms with Crippen LogP contribution in [0.25, 0.3) is 0 Å². The average Bonchev–Trinajstić information content (AvgIpc) is 2.98. The Bertz CT molecular complexity index is 541. The first-order valence-electron chi connectivity index (χ1n) is 7.17. The van der Waals surface area contributed by atoms with Gasteiger partial charge in [0.2, 0.25) is 0 Å².